The summed E-state index contributed by atoms with van der Waals surface area (Å²) in [6.07, 6.45) is 5.23. The molecule has 1 aliphatic rings. The first-order valence-corrected chi connectivity index (χ1v) is 9.39. The molecular weight excluding hydrogens is 354 g/mol. The Morgan fingerprint density at radius 2 is 2.17 bits per heavy atom. The number of nitrogens with zero attached hydrogens (tertiary/aromatic N) is 3. The largest absolute Gasteiger partial charge is 0.327 e. The maximum atomic E-state index is 4.59. The third kappa shape index (κ3) is 5.26. The molecule has 2 aromatic heterocycles. The Bertz CT molecular complexity index is 604. The standard InChI is InChI=1S/C12H16BrN3.C5H12N2/c1-3-5-6-11-15-12-10(16(11)4-2)7-9(13)8-14-12;1-5-4-6-2-3-7-5/h7-8H,3-6H2,1-2H3;5-7H,2-4H2,1H3. The van der Waals surface area contributed by atoms with E-state index in [4.69, 9.17) is 0 Å². The summed E-state index contributed by atoms with van der Waals surface area (Å²) in [6.45, 7) is 10.9. The van der Waals surface area contributed by atoms with Crippen LogP contribution >= 0.6 is 15.9 Å². The van der Waals surface area contributed by atoms with E-state index in [9.17, 15) is 0 Å². The summed E-state index contributed by atoms with van der Waals surface area (Å²) < 4.78 is 3.26. The van der Waals surface area contributed by atoms with Gasteiger partial charge in [-0.2, -0.15) is 0 Å². The van der Waals surface area contributed by atoms with Gasteiger partial charge in [0.15, 0.2) is 5.65 Å². The Morgan fingerprint density at radius 1 is 1.35 bits per heavy atom. The molecule has 128 valence electrons. The minimum absolute atomic E-state index is 0.675. The zero-order valence-corrected chi connectivity index (χ0v) is 16.0. The summed E-state index contributed by atoms with van der Waals surface area (Å²) in [5.41, 5.74) is 1.99. The lowest BCUT2D eigenvalue weighted by Gasteiger charge is -2.19. The summed E-state index contributed by atoms with van der Waals surface area (Å²) in [4.78, 5) is 8.93. The second kappa shape index (κ2) is 9.35. The van der Waals surface area contributed by atoms with E-state index in [1.54, 1.807) is 6.20 Å². The second-order valence-electron chi connectivity index (χ2n) is 5.93. The molecule has 0 radical (unpaired) electrons. The van der Waals surface area contributed by atoms with Crippen molar-refractivity contribution in [2.45, 2.75) is 52.6 Å². The Labute approximate surface area is 147 Å². The molecule has 5 nitrogen and oxygen atoms in total. The van der Waals surface area contributed by atoms with Crippen molar-refractivity contribution in [2.24, 2.45) is 0 Å². The third-order valence-electron chi connectivity index (χ3n) is 3.97. The number of hydrogen-bond acceptors (Lipinski definition) is 4. The van der Waals surface area contributed by atoms with Gasteiger partial charge in [0.1, 0.15) is 5.82 Å². The van der Waals surface area contributed by atoms with E-state index in [1.807, 2.05) is 0 Å². The minimum atomic E-state index is 0.675. The van der Waals surface area contributed by atoms with E-state index in [-0.39, 0.29) is 0 Å². The molecule has 0 bridgehead atoms. The molecule has 2 aromatic rings. The monoisotopic (exact) mass is 381 g/mol. The Morgan fingerprint density at radius 3 is 2.74 bits per heavy atom. The zero-order chi connectivity index (χ0) is 16.7. The number of aromatic nitrogens is 3. The summed E-state index contributed by atoms with van der Waals surface area (Å²) in [5.74, 6) is 1.16. The van der Waals surface area contributed by atoms with Crippen LogP contribution in [0.5, 0.6) is 0 Å². The van der Waals surface area contributed by atoms with Crippen LogP contribution in [0.15, 0.2) is 16.7 Å². The number of hydrogen-bond donors (Lipinski definition) is 2. The molecule has 1 saturated heterocycles. The Hall–Kier alpha value is -0.980. The van der Waals surface area contributed by atoms with Crippen LogP contribution in [0.25, 0.3) is 11.2 Å². The summed E-state index contributed by atoms with van der Waals surface area (Å²) in [5, 5.41) is 6.59. The molecular formula is C17H28BrN5. The SMILES string of the molecule is CC1CNCCN1.CCCCc1nc2ncc(Br)cc2n1CC. The Kier molecular flexibility index (Phi) is 7.46. The van der Waals surface area contributed by atoms with E-state index in [2.05, 4.69) is 67.9 Å². The van der Waals surface area contributed by atoms with Crippen LogP contribution in [0.3, 0.4) is 0 Å². The molecule has 1 aliphatic heterocycles. The third-order valence-corrected chi connectivity index (χ3v) is 4.40. The lowest BCUT2D eigenvalue weighted by atomic mass is 10.2. The molecule has 0 spiro atoms. The number of pyridine rings is 1. The van der Waals surface area contributed by atoms with Crippen LogP contribution in [0, 0.1) is 0 Å². The molecule has 23 heavy (non-hydrogen) atoms. The number of fused-ring (bicyclic) bond motifs is 1. The fraction of sp³-hybridized carbons (Fsp3) is 0.647. The average molecular weight is 382 g/mol. The Balaban J connectivity index is 0.000000229. The number of halogens is 1. The zero-order valence-electron chi connectivity index (χ0n) is 14.4. The molecule has 0 saturated carbocycles. The summed E-state index contributed by atoms with van der Waals surface area (Å²) in [7, 11) is 0. The van der Waals surface area contributed by atoms with E-state index >= 15 is 0 Å². The highest BCUT2D eigenvalue weighted by Gasteiger charge is 2.10. The average Bonchev–Trinajstić information content (AvgIpc) is 2.90. The van der Waals surface area contributed by atoms with Gasteiger partial charge in [-0.05, 0) is 42.3 Å². The van der Waals surface area contributed by atoms with Crippen LogP contribution in [-0.2, 0) is 13.0 Å². The van der Waals surface area contributed by atoms with Crippen molar-refractivity contribution in [3.63, 3.8) is 0 Å². The molecule has 1 unspecified atom stereocenters. The number of aryl methyl sites for hydroxylation is 2. The van der Waals surface area contributed by atoms with Crippen molar-refractivity contribution in [1.82, 2.24) is 25.2 Å². The van der Waals surface area contributed by atoms with Crippen molar-refractivity contribution in [1.29, 1.82) is 0 Å². The van der Waals surface area contributed by atoms with Gasteiger partial charge in [0.05, 0.1) is 5.52 Å². The fourth-order valence-corrected chi connectivity index (χ4v) is 3.02. The number of unbranched alkanes of at least 4 members (excludes halogenated alkanes) is 1. The van der Waals surface area contributed by atoms with Gasteiger partial charge in [0.2, 0.25) is 0 Å². The molecule has 3 heterocycles. The summed E-state index contributed by atoms with van der Waals surface area (Å²) >= 11 is 3.45. The molecule has 1 fully saturated rings. The van der Waals surface area contributed by atoms with E-state index in [1.165, 1.54) is 12.8 Å². The van der Waals surface area contributed by atoms with Gasteiger partial charge in [-0.15, -0.1) is 0 Å². The molecule has 2 N–H and O–H groups in total. The fourth-order valence-electron chi connectivity index (χ4n) is 2.70. The van der Waals surface area contributed by atoms with E-state index in [0.29, 0.717) is 6.04 Å². The van der Waals surface area contributed by atoms with Gasteiger partial charge >= 0.3 is 0 Å². The number of piperazine rings is 1. The quantitative estimate of drug-likeness (QED) is 0.853. The predicted octanol–water partition coefficient (Wildman–Crippen LogP) is 3.12. The van der Waals surface area contributed by atoms with E-state index in [0.717, 1.165) is 54.1 Å². The lowest BCUT2D eigenvalue weighted by Crippen LogP contribution is -2.46. The van der Waals surface area contributed by atoms with E-state index < -0.39 is 0 Å². The smallest absolute Gasteiger partial charge is 0.177 e. The lowest BCUT2D eigenvalue weighted by molar-refractivity contribution is 0.442. The molecule has 6 heteroatoms. The topological polar surface area (TPSA) is 54.8 Å². The van der Waals surface area contributed by atoms with Gasteiger partial charge in [-0.3, -0.25) is 0 Å². The minimum Gasteiger partial charge on any atom is -0.327 e. The van der Waals surface area contributed by atoms with Gasteiger partial charge < -0.3 is 15.2 Å². The predicted molar refractivity (Wildman–Crippen MR) is 99.8 cm³/mol. The van der Waals surface area contributed by atoms with Crippen molar-refractivity contribution in [3.05, 3.63) is 22.6 Å². The van der Waals surface area contributed by atoms with Crippen LogP contribution in [0.2, 0.25) is 0 Å². The second-order valence-corrected chi connectivity index (χ2v) is 6.85. The molecule has 1 atom stereocenters. The van der Waals surface area contributed by atoms with Gasteiger partial charge in [0, 0.05) is 49.3 Å². The van der Waals surface area contributed by atoms with Crippen LogP contribution in [0.4, 0.5) is 0 Å². The van der Waals surface area contributed by atoms with Crippen LogP contribution in [0.1, 0.15) is 39.4 Å². The summed E-state index contributed by atoms with van der Waals surface area (Å²) in [6, 6.07) is 2.77. The van der Waals surface area contributed by atoms with Crippen molar-refractivity contribution in [2.75, 3.05) is 19.6 Å². The number of imidazole rings is 1. The van der Waals surface area contributed by atoms with Crippen LogP contribution < -0.4 is 10.6 Å². The van der Waals surface area contributed by atoms with Gasteiger partial charge in [-0.1, -0.05) is 13.3 Å². The van der Waals surface area contributed by atoms with Gasteiger partial charge in [-0.25, -0.2) is 9.97 Å². The highest BCUT2D eigenvalue weighted by Crippen LogP contribution is 2.19. The molecule has 0 aliphatic carbocycles. The van der Waals surface area contributed by atoms with Gasteiger partial charge in [0.25, 0.3) is 0 Å². The first-order chi connectivity index (χ1) is 11.2. The number of rotatable bonds is 4. The van der Waals surface area contributed by atoms with Crippen molar-refractivity contribution in [3.8, 4) is 0 Å². The normalized spacial score (nSPS) is 17.8. The first kappa shape index (κ1) is 18.4. The highest BCUT2D eigenvalue weighted by atomic mass is 79.9. The maximum absolute atomic E-state index is 4.59. The van der Waals surface area contributed by atoms with Crippen molar-refractivity contribution < 1.29 is 0 Å². The highest BCUT2D eigenvalue weighted by molar-refractivity contribution is 9.10. The van der Waals surface area contributed by atoms with Crippen LogP contribution in [-0.4, -0.2) is 40.2 Å². The van der Waals surface area contributed by atoms with Crippen molar-refractivity contribution >= 4 is 27.1 Å². The number of nitrogens with one attached hydrogen (secondary N) is 2. The first-order valence-electron chi connectivity index (χ1n) is 8.60. The maximum Gasteiger partial charge on any atom is 0.177 e. The molecule has 0 amide bonds. The molecule has 3 rings (SSSR count). The molecule has 0 aromatic carbocycles.